The van der Waals surface area contributed by atoms with Gasteiger partial charge in [-0.25, -0.2) is 4.98 Å². The summed E-state index contributed by atoms with van der Waals surface area (Å²) in [7, 11) is 1.80. The molecule has 0 spiro atoms. The highest BCUT2D eigenvalue weighted by Crippen LogP contribution is 2.30. The summed E-state index contributed by atoms with van der Waals surface area (Å²) in [6, 6.07) is 0. The van der Waals surface area contributed by atoms with E-state index in [9.17, 15) is 9.59 Å². The maximum absolute atomic E-state index is 13.1. The number of H-pyrrole nitrogens is 1. The lowest BCUT2D eigenvalue weighted by atomic mass is 9.88. The van der Waals surface area contributed by atoms with Gasteiger partial charge >= 0.3 is 5.97 Å². The van der Waals surface area contributed by atoms with Crippen LogP contribution in [0.4, 0.5) is 5.95 Å². The summed E-state index contributed by atoms with van der Waals surface area (Å²) in [5.41, 5.74) is 1.70. The number of carboxylic acid groups (broad SMARTS) is 1. The molecule has 1 aliphatic heterocycles. The lowest BCUT2D eigenvalue weighted by Gasteiger charge is -2.36. The molecule has 1 saturated carbocycles. The third-order valence-corrected chi connectivity index (χ3v) is 7.44. The van der Waals surface area contributed by atoms with Crippen LogP contribution in [0.1, 0.15) is 71.4 Å². The smallest absolute Gasteiger partial charge is 0.317 e. The number of aromatic nitrogens is 4. The Morgan fingerprint density at radius 1 is 1.09 bits per heavy atom. The molecule has 2 N–H and O–H groups in total. The average Bonchev–Trinajstić information content (AvgIpc) is 3.12. The first-order valence-electron chi connectivity index (χ1n) is 12.8. The molecule has 0 bridgehead atoms. The number of piperidine rings is 1. The average molecular weight is 473 g/mol. The topological polar surface area (TPSA) is 107 Å². The zero-order valence-corrected chi connectivity index (χ0v) is 21.1. The Morgan fingerprint density at radius 2 is 1.71 bits per heavy atom. The van der Waals surface area contributed by atoms with Crippen LogP contribution in [0.2, 0.25) is 0 Å². The molecule has 2 aromatic heterocycles. The summed E-state index contributed by atoms with van der Waals surface area (Å²) < 4.78 is 1.65. The van der Waals surface area contributed by atoms with Crippen molar-refractivity contribution in [1.29, 1.82) is 0 Å². The van der Waals surface area contributed by atoms with E-state index in [1.807, 2.05) is 4.90 Å². The lowest BCUT2D eigenvalue weighted by molar-refractivity contribution is -0.138. The van der Waals surface area contributed by atoms with Crippen LogP contribution in [-0.4, -0.2) is 68.4 Å². The van der Waals surface area contributed by atoms with Gasteiger partial charge in [-0.15, -0.1) is 0 Å². The van der Waals surface area contributed by atoms with Crippen LogP contribution in [0.25, 0.3) is 11.0 Å². The lowest BCUT2D eigenvalue weighted by Crippen LogP contribution is -2.42. The van der Waals surface area contributed by atoms with E-state index < -0.39 is 5.97 Å². The predicted octanol–water partition coefficient (Wildman–Crippen LogP) is 3.14. The van der Waals surface area contributed by atoms with Crippen molar-refractivity contribution in [3.8, 4) is 0 Å². The van der Waals surface area contributed by atoms with Crippen molar-refractivity contribution in [3.05, 3.63) is 16.0 Å². The number of fused-ring (bicyclic) bond motifs is 1. The molecular formula is C25H40N6O3. The second kappa shape index (κ2) is 10.1. The molecule has 9 heteroatoms. The molecule has 0 unspecified atom stereocenters. The van der Waals surface area contributed by atoms with Crippen molar-refractivity contribution in [2.45, 2.75) is 71.1 Å². The van der Waals surface area contributed by atoms with Crippen molar-refractivity contribution in [3.63, 3.8) is 0 Å². The molecular weight excluding hydrogens is 432 g/mol. The number of nitrogens with one attached hydrogen (secondary N) is 1. The molecule has 2 fully saturated rings. The van der Waals surface area contributed by atoms with Crippen LogP contribution in [0.15, 0.2) is 4.79 Å². The van der Waals surface area contributed by atoms with Crippen LogP contribution >= 0.6 is 0 Å². The summed E-state index contributed by atoms with van der Waals surface area (Å²) >= 11 is 0. The molecule has 3 heterocycles. The van der Waals surface area contributed by atoms with E-state index in [0.29, 0.717) is 28.8 Å². The summed E-state index contributed by atoms with van der Waals surface area (Å²) in [4.78, 5) is 36.6. The van der Waals surface area contributed by atoms with Gasteiger partial charge in [-0.05, 0) is 50.6 Å². The maximum atomic E-state index is 13.1. The molecule has 1 saturated heterocycles. The van der Waals surface area contributed by atoms with Crippen molar-refractivity contribution < 1.29 is 9.90 Å². The van der Waals surface area contributed by atoms with Crippen molar-refractivity contribution >= 4 is 23.0 Å². The van der Waals surface area contributed by atoms with Gasteiger partial charge in [-0.3, -0.25) is 24.2 Å². The number of aryl methyl sites for hydroxylation is 1. The van der Waals surface area contributed by atoms with Gasteiger partial charge < -0.3 is 10.0 Å². The number of hydrogen-bond donors (Lipinski definition) is 2. The summed E-state index contributed by atoms with van der Waals surface area (Å²) in [6.45, 7) is 9.74. The SMILES string of the molecule is Cn1nc(C(C)(C)C)c2nc(N(CC3CCCCC3)CC3CCN(CC(=O)O)CC3)[nH]c(=O)c21. The monoisotopic (exact) mass is 472 g/mol. The largest absolute Gasteiger partial charge is 0.480 e. The molecule has 4 rings (SSSR count). The Labute approximate surface area is 201 Å². The highest BCUT2D eigenvalue weighted by atomic mass is 16.4. The van der Waals surface area contributed by atoms with Crippen LogP contribution in [0.5, 0.6) is 0 Å². The van der Waals surface area contributed by atoms with Gasteiger partial charge in [0.25, 0.3) is 5.56 Å². The predicted molar refractivity (Wildman–Crippen MR) is 133 cm³/mol. The van der Waals surface area contributed by atoms with E-state index in [1.165, 1.54) is 32.1 Å². The number of carbonyl (C=O) groups is 1. The molecule has 1 aliphatic carbocycles. The van der Waals surface area contributed by atoms with Crippen LogP contribution in [0.3, 0.4) is 0 Å². The summed E-state index contributed by atoms with van der Waals surface area (Å²) in [5.74, 6) is 0.941. The van der Waals surface area contributed by atoms with Crippen molar-refractivity contribution in [2.75, 3.05) is 37.6 Å². The van der Waals surface area contributed by atoms with Gasteiger partial charge in [-0.2, -0.15) is 5.10 Å². The molecule has 9 nitrogen and oxygen atoms in total. The minimum atomic E-state index is -0.765. The normalized spacial score (nSPS) is 19.1. The number of aromatic amines is 1. The number of rotatable bonds is 7. The quantitative estimate of drug-likeness (QED) is 0.637. The first-order chi connectivity index (χ1) is 16.1. The van der Waals surface area contributed by atoms with Gasteiger partial charge in [0, 0.05) is 25.6 Å². The first-order valence-corrected chi connectivity index (χ1v) is 12.8. The van der Waals surface area contributed by atoms with Gasteiger partial charge in [0.15, 0.2) is 5.52 Å². The van der Waals surface area contributed by atoms with E-state index >= 15 is 0 Å². The third kappa shape index (κ3) is 5.62. The van der Waals surface area contributed by atoms with E-state index in [4.69, 9.17) is 10.1 Å². The third-order valence-electron chi connectivity index (χ3n) is 7.44. The maximum Gasteiger partial charge on any atom is 0.317 e. The Bertz CT molecular complexity index is 1060. The minimum Gasteiger partial charge on any atom is -0.480 e. The molecule has 2 aromatic rings. The number of likely N-dealkylation sites (tertiary alicyclic amines) is 1. The Balaban J connectivity index is 1.62. The second-order valence-corrected chi connectivity index (χ2v) is 11.3. The second-order valence-electron chi connectivity index (χ2n) is 11.3. The Hall–Kier alpha value is -2.42. The molecule has 0 atom stereocenters. The fourth-order valence-electron chi connectivity index (χ4n) is 5.58. The van der Waals surface area contributed by atoms with Gasteiger partial charge in [0.05, 0.1) is 12.2 Å². The highest BCUT2D eigenvalue weighted by molar-refractivity contribution is 5.78. The number of carboxylic acids is 1. The van der Waals surface area contributed by atoms with E-state index in [1.54, 1.807) is 11.7 Å². The number of anilines is 1. The zero-order valence-electron chi connectivity index (χ0n) is 21.1. The Kier molecular flexibility index (Phi) is 7.31. The van der Waals surface area contributed by atoms with Gasteiger partial charge in [0.2, 0.25) is 5.95 Å². The van der Waals surface area contributed by atoms with E-state index in [-0.39, 0.29) is 17.5 Å². The van der Waals surface area contributed by atoms with Crippen LogP contribution < -0.4 is 10.5 Å². The van der Waals surface area contributed by atoms with Crippen molar-refractivity contribution in [2.24, 2.45) is 18.9 Å². The molecule has 0 aromatic carbocycles. The van der Waals surface area contributed by atoms with Crippen LogP contribution in [0, 0.1) is 11.8 Å². The standard InChI is InChI=1S/C25H40N6O3/c1-25(2,3)22-20-21(29(4)28-22)23(34)27-24(26-20)31(14-17-8-6-5-7-9-17)15-18-10-12-30(13-11-18)16-19(32)33/h17-18H,5-16H2,1-4H3,(H,32,33)(H,26,27,34). The number of nitrogens with zero attached hydrogens (tertiary/aromatic N) is 5. The molecule has 2 aliphatic rings. The summed E-state index contributed by atoms with van der Waals surface area (Å²) in [5, 5.41) is 13.8. The highest BCUT2D eigenvalue weighted by Gasteiger charge is 2.29. The van der Waals surface area contributed by atoms with E-state index in [0.717, 1.165) is 44.7 Å². The zero-order chi connectivity index (χ0) is 24.5. The number of hydrogen-bond acceptors (Lipinski definition) is 6. The van der Waals surface area contributed by atoms with Gasteiger partial charge in [0.1, 0.15) is 5.52 Å². The molecule has 0 amide bonds. The minimum absolute atomic E-state index is 0.112. The van der Waals surface area contributed by atoms with Gasteiger partial charge in [-0.1, -0.05) is 40.0 Å². The Morgan fingerprint density at radius 3 is 2.29 bits per heavy atom. The molecule has 0 radical (unpaired) electrons. The number of aliphatic carboxylic acids is 1. The van der Waals surface area contributed by atoms with E-state index in [2.05, 4.69) is 35.8 Å². The van der Waals surface area contributed by atoms with Crippen molar-refractivity contribution in [1.82, 2.24) is 24.6 Å². The fourth-order valence-corrected chi connectivity index (χ4v) is 5.58. The summed E-state index contributed by atoms with van der Waals surface area (Å²) in [6.07, 6.45) is 8.21. The molecule has 188 valence electrons. The molecule has 34 heavy (non-hydrogen) atoms. The first kappa shape index (κ1) is 24.7. The fraction of sp³-hybridized carbons (Fsp3) is 0.760. The van der Waals surface area contributed by atoms with Crippen LogP contribution in [-0.2, 0) is 17.3 Å².